The zero-order valence-electron chi connectivity index (χ0n) is 12.0. The van der Waals surface area contributed by atoms with Crippen LogP contribution in [0.2, 0.25) is 0 Å². The average molecular weight is 336 g/mol. The summed E-state index contributed by atoms with van der Waals surface area (Å²) < 4.78 is 10.6. The number of thiazole rings is 1. The maximum absolute atomic E-state index is 12.1. The lowest BCUT2D eigenvalue weighted by atomic mass is 9.93. The van der Waals surface area contributed by atoms with Crippen LogP contribution in [0, 0.1) is 5.92 Å². The monoisotopic (exact) mass is 335 g/mol. The molecule has 21 heavy (non-hydrogen) atoms. The molecule has 3 N–H and O–H groups in total. The van der Waals surface area contributed by atoms with Crippen molar-refractivity contribution in [2.24, 2.45) is 5.92 Å². The third kappa shape index (κ3) is 5.43. The molecule has 2 rings (SSSR count). The van der Waals surface area contributed by atoms with Crippen LogP contribution >= 0.6 is 23.7 Å². The van der Waals surface area contributed by atoms with Crippen LogP contribution in [0.25, 0.3) is 0 Å². The lowest BCUT2D eigenvalue weighted by Crippen LogP contribution is -2.46. The second kappa shape index (κ2) is 9.19. The van der Waals surface area contributed by atoms with Crippen LogP contribution in [0.15, 0.2) is 6.20 Å². The summed E-state index contributed by atoms with van der Waals surface area (Å²) in [6.07, 6.45) is 3.68. The summed E-state index contributed by atoms with van der Waals surface area (Å²) in [5.41, 5.74) is 5.60. The van der Waals surface area contributed by atoms with Gasteiger partial charge in [0.15, 0.2) is 5.13 Å². The van der Waals surface area contributed by atoms with Crippen LogP contribution in [-0.4, -0.2) is 36.8 Å². The molecule has 0 aromatic carbocycles. The van der Waals surface area contributed by atoms with Gasteiger partial charge in [0.2, 0.25) is 0 Å². The van der Waals surface area contributed by atoms with Crippen LogP contribution in [0.4, 0.5) is 5.13 Å². The van der Waals surface area contributed by atoms with E-state index < -0.39 is 0 Å². The van der Waals surface area contributed by atoms with Crippen LogP contribution in [0.3, 0.4) is 0 Å². The SMILES string of the molecule is CCOC(=O)C(NCc1cnc(N)s1)C1CCCOC1.Cl. The largest absolute Gasteiger partial charge is 0.465 e. The molecule has 0 bridgehead atoms. The number of carbonyl (C=O) groups excluding carboxylic acids is 1. The van der Waals surface area contributed by atoms with Crippen LogP contribution in [0.1, 0.15) is 24.6 Å². The maximum Gasteiger partial charge on any atom is 0.323 e. The van der Waals surface area contributed by atoms with Crippen molar-refractivity contribution in [2.45, 2.75) is 32.4 Å². The van der Waals surface area contributed by atoms with Crippen molar-refractivity contribution in [2.75, 3.05) is 25.6 Å². The standard InChI is InChI=1S/C13H21N3O3S.ClH/c1-2-19-12(17)11(9-4-3-5-18-8-9)15-6-10-7-16-13(14)20-10;/h7,9,11,15H,2-6,8H2,1H3,(H2,14,16);1H. The van der Waals surface area contributed by atoms with Crippen molar-refractivity contribution in [3.8, 4) is 0 Å². The number of halogens is 1. The topological polar surface area (TPSA) is 86.5 Å². The second-order valence-electron chi connectivity index (χ2n) is 4.75. The number of nitrogen functional groups attached to an aromatic ring is 1. The summed E-state index contributed by atoms with van der Waals surface area (Å²) in [5.74, 6) is -0.0476. The third-order valence-electron chi connectivity index (χ3n) is 3.28. The first kappa shape index (κ1) is 18.2. The van der Waals surface area contributed by atoms with Gasteiger partial charge in [0, 0.05) is 30.1 Å². The number of nitrogens with zero attached hydrogens (tertiary/aromatic N) is 1. The lowest BCUT2D eigenvalue weighted by molar-refractivity contribution is -0.148. The fraction of sp³-hybridized carbons (Fsp3) is 0.692. The molecule has 120 valence electrons. The van der Waals surface area contributed by atoms with E-state index in [1.165, 1.54) is 11.3 Å². The van der Waals surface area contributed by atoms with Gasteiger partial charge in [-0.1, -0.05) is 0 Å². The van der Waals surface area contributed by atoms with E-state index in [-0.39, 0.29) is 30.3 Å². The van der Waals surface area contributed by atoms with Crippen LogP contribution < -0.4 is 11.1 Å². The first-order chi connectivity index (χ1) is 9.70. The highest BCUT2D eigenvalue weighted by Crippen LogP contribution is 2.20. The Hall–Kier alpha value is -0.890. The fourth-order valence-electron chi connectivity index (χ4n) is 2.32. The van der Waals surface area contributed by atoms with E-state index in [0.29, 0.717) is 24.9 Å². The highest BCUT2D eigenvalue weighted by molar-refractivity contribution is 7.15. The molecular weight excluding hydrogens is 314 g/mol. The molecule has 0 radical (unpaired) electrons. The van der Waals surface area contributed by atoms with Crippen molar-refractivity contribution in [1.29, 1.82) is 0 Å². The molecule has 6 nitrogen and oxygen atoms in total. The van der Waals surface area contributed by atoms with Gasteiger partial charge >= 0.3 is 5.97 Å². The molecule has 0 saturated carbocycles. The molecule has 1 aliphatic rings. The Kier molecular flexibility index (Phi) is 7.95. The normalized spacial score (nSPS) is 19.6. The number of hydrogen-bond donors (Lipinski definition) is 2. The van der Waals surface area contributed by atoms with E-state index in [2.05, 4.69) is 10.3 Å². The van der Waals surface area contributed by atoms with Crippen molar-refractivity contribution >= 4 is 34.8 Å². The Balaban J connectivity index is 0.00000220. The summed E-state index contributed by atoms with van der Waals surface area (Å²) in [4.78, 5) is 17.1. The van der Waals surface area contributed by atoms with Gasteiger partial charge in [0.05, 0.1) is 13.2 Å². The van der Waals surface area contributed by atoms with Gasteiger partial charge in [0.1, 0.15) is 6.04 Å². The molecule has 8 heteroatoms. The second-order valence-corrected chi connectivity index (χ2v) is 5.90. The smallest absolute Gasteiger partial charge is 0.323 e. The molecule has 1 fully saturated rings. The number of anilines is 1. The number of esters is 1. The lowest BCUT2D eigenvalue weighted by Gasteiger charge is -2.29. The molecule has 0 aliphatic carbocycles. The van der Waals surface area contributed by atoms with E-state index in [1.807, 2.05) is 6.92 Å². The van der Waals surface area contributed by atoms with Gasteiger partial charge in [-0.15, -0.1) is 23.7 Å². The molecule has 0 amide bonds. The minimum absolute atomic E-state index is 0. The number of carbonyl (C=O) groups is 1. The molecule has 2 unspecified atom stereocenters. The maximum atomic E-state index is 12.1. The predicted molar refractivity (Wildman–Crippen MR) is 84.6 cm³/mol. The summed E-state index contributed by atoms with van der Waals surface area (Å²) in [6, 6.07) is -0.335. The van der Waals surface area contributed by atoms with E-state index in [9.17, 15) is 4.79 Å². The summed E-state index contributed by atoms with van der Waals surface area (Å²) in [5, 5.41) is 3.80. The Morgan fingerprint density at radius 2 is 2.52 bits per heavy atom. The molecule has 1 aliphatic heterocycles. The van der Waals surface area contributed by atoms with Gasteiger partial charge in [0.25, 0.3) is 0 Å². The Morgan fingerprint density at radius 3 is 3.10 bits per heavy atom. The van der Waals surface area contributed by atoms with Crippen LogP contribution in [-0.2, 0) is 20.8 Å². The Labute approximate surface area is 134 Å². The van der Waals surface area contributed by atoms with Gasteiger partial charge in [-0.3, -0.25) is 10.1 Å². The molecular formula is C13H22ClN3O3S. The van der Waals surface area contributed by atoms with Crippen molar-refractivity contribution in [3.05, 3.63) is 11.1 Å². The minimum atomic E-state index is -0.335. The summed E-state index contributed by atoms with van der Waals surface area (Å²) in [7, 11) is 0. The van der Waals surface area contributed by atoms with Gasteiger partial charge in [-0.25, -0.2) is 4.98 Å². The first-order valence-electron chi connectivity index (χ1n) is 6.88. The van der Waals surface area contributed by atoms with E-state index >= 15 is 0 Å². The summed E-state index contributed by atoms with van der Waals surface area (Å²) in [6.45, 7) is 4.14. The first-order valence-corrected chi connectivity index (χ1v) is 7.70. The summed E-state index contributed by atoms with van der Waals surface area (Å²) >= 11 is 1.42. The highest BCUT2D eigenvalue weighted by Gasteiger charge is 2.30. The number of nitrogens with one attached hydrogen (secondary N) is 1. The highest BCUT2D eigenvalue weighted by atomic mass is 35.5. The van der Waals surface area contributed by atoms with Crippen molar-refractivity contribution in [3.63, 3.8) is 0 Å². The van der Waals surface area contributed by atoms with Crippen LogP contribution in [0.5, 0.6) is 0 Å². The Morgan fingerprint density at radius 1 is 1.71 bits per heavy atom. The number of aromatic nitrogens is 1. The number of ether oxygens (including phenoxy) is 2. The zero-order valence-corrected chi connectivity index (χ0v) is 13.7. The average Bonchev–Trinajstić information content (AvgIpc) is 2.86. The molecule has 0 spiro atoms. The molecule has 2 atom stereocenters. The zero-order chi connectivity index (χ0) is 14.4. The van der Waals surface area contributed by atoms with E-state index in [1.54, 1.807) is 6.20 Å². The van der Waals surface area contributed by atoms with E-state index in [4.69, 9.17) is 15.2 Å². The number of rotatable bonds is 6. The molecule has 1 aromatic heterocycles. The predicted octanol–water partition coefficient (Wildman–Crippen LogP) is 1.59. The van der Waals surface area contributed by atoms with E-state index in [0.717, 1.165) is 24.3 Å². The van der Waals surface area contributed by atoms with Gasteiger partial charge < -0.3 is 15.2 Å². The molecule has 2 heterocycles. The van der Waals surface area contributed by atoms with Gasteiger partial charge in [-0.05, 0) is 19.8 Å². The molecule has 1 saturated heterocycles. The van der Waals surface area contributed by atoms with Crippen molar-refractivity contribution < 1.29 is 14.3 Å². The third-order valence-corrected chi connectivity index (χ3v) is 4.10. The quantitative estimate of drug-likeness (QED) is 0.768. The fourth-order valence-corrected chi connectivity index (χ4v) is 2.95. The minimum Gasteiger partial charge on any atom is -0.465 e. The number of nitrogens with two attached hydrogens (primary N) is 1. The Bertz CT molecular complexity index is 438. The van der Waals surface area contributed by atoms with Gasteiger partial charge in [-0.2, -0.15) is 0 Å². The molecule has 1 aromatic rings. The number of hydrogen-bond acceptors (Lipinski definition) is 7. The van der Waals surface area contributed by atoms with Crippen molar-refractivity contribution in [1.82, 2.24) is 10.3 Å².